The molecule has 0 aliphatic heterocycles. The molecule has 0 fully saturated rings. The fraction of sp³-hybridized carbons (Fsp3) is 0.0909. The van der Waals surface area contributed by atoms with Crippen LogP contribution in [-0.4, -0.2) is 26.9 Å². The Morgan fingerprint density at radius 1 is 0.935 bits per heavy atom. The summed E-state index contributed by atoms with van der Waals surface area (Å²) in [7, 11) is -3.81. The number of carbonyl (C=O) groups excluding carboxylic acids is 2. The summed E-state index contributed by atoms with van der Waals surface area (Å²) in [5.74, 6) is -0.961. The van der Waals surface area contributed by atoms with Gasteiger partial charge in [0.2, 0.25) is 0 Å². The van der Waals surface area contributed by atoms with Crippen LogP contribution >= 0.6 is 11.6 Å². The minimum atomic E-state index is -3.81. The number of anilines is 2. The monoisotopic (exact) mass is 458 g/mol. The number of sulfonamides is 1. The lowest BCUT2D eigenvalue weighted by Crippen LogP contribution is -2.15. The minimum absolute atomic E-state index is 0.0624. The van der Waals surface area contributed by atoms with Crippen molar-refractivity contribution in [2.45, 2.75) is 11.8 Å². The minimum Gasteiger partial charge on any atom is -0.462 e. The first-order valence-electron chi connectivity index (χ1n) is 9.26. The molecule has 0 saturated heterocycles. The number of benzene rings is 3. The molecule has 1 amide bonds. The van der Waals surface area contributed by atoms with Crippen molar-refractivity contribution in [3.63, 3.8) is 0 Å². The maximum absolute atomic E-state index is 12.6. The van der Waals surface area contributed by atoms with E-state index in [0.29, 0.717) is 11.3 Å². The number of halogens is 1. The van der Waals surface area contributed by atoms with Gasteiger partial charge in [0.1, 0.15) is 0 Å². The summed E-state index contributed by atoms with van der Waals surface area (Å²) in [5.41, 5.74) is 1.07. The van der Waals surface area contributed by atoms with E-state index in [2.05, 4.69) is 10.0 Å². The molecule has 0 spiro atoms. The van der Waals surface area contributed by atoms with Crippen LogP contribution in [0.15, 0.2) is 77.7 Å². The highest BCUT2D eigenvalue weighted by Crippen LogP contribution is 2.26. The molecule has 0 heterocycles. The summed E-state index contributed by atoms with van der Waals surface area (Å²) in [6.45, 7) is 1.95. The third-order valence-electron chi connectivity index (χ3n) is 4.16. The summed E-state index contributed by atoms with van der Waals surface area (Å²) in [6.07, 6.45) is 0. The molecular weight excluding hydrogens is 440 g/mol. The Labute approximate surface area is 185 Å². The van der Waals surface area contributed by atoms with Gasteiger partial charge in [-0.2, -0.15) is 0 Å². The first-order valence-corrected chi connectivity index (χ1v) is 11.1. The number of esters is 1. The second kappa shape index (κ2) is 9.63. The molecule has 0 saturated carbocycles. The van der Waals surface area contributed by atoms with Crippen molar-refractivity contribution in [3.05, 3.63) is 88.9 Å². The van der Waals surface area contributed by atoms with Crippen LogP contribution < -0.4 is 10.0 Å². The topological polar surface area (TPSA) is 102 Å². The number of hydrogen-bond acceptors (Lipinski definition) is 5. The van der Waals surface area contributed by atoms with E-state index in [-0.39, 0.29) is 27.8 Å². The van der Waals surface area contributed by atoms with E-state index in [4.69, 9.17) is 16.3 Å². The third kappa shape index (κ3) is 5.62. The van der Waals surface area contributed by atoms with Crippen molar-refractivity contribution in [1.82, 2.24) is 0 Å². The highest BCUT2D eigenvalue weighted by atomic mass is 35.5. The Morgan fingerprint density at radius 3 is 2.35 bits per heavy atom. The number of nitrogens with one attached hydrogen (secondary N) is 2. The zero-order chi connectivity index (χ0) is 22.4. The number of rotatable bonds is 7. The zero-order valence-electron chi connectivity index (χ0n) is 16.5. The van der Waals surface area contributed by atoms with Crippen LogP contribution in [0.5, 0.6) is 0 Å². The van der Waals surface area contributed by atoms with Gasteiger partial charge in [-0.05, 0) is 55.5 Å². The van der Waals surface area contributed by atoms with E-state index < -0.39 is 21.9 Å². The Kier molecular flexibility index (Phi) is 6.94. The molecular formula is C22H19ClN2O5S. The van der Waals surface area contributed by atoms with Crippen LogP contribution in [0.1, 0.15) is 27.6 Å². The number of carbonyl (C=O) groups is 2. The molecule has 0 aliphatic carbocycles. The maximum Gasteiger partial charge on any atom is 0.338 e. The van der Waals surface area contributed by atoms with E-state index in [1.54, 1.807) is 43.3 Å². The molecule has 3 aromatic carbocycles. The lowest BCUT2D eigenvalue weighted by Gasteiger charge is -2.11. The quantitative estimate of drug-likeness (QED) is 0.505. The van der Waals surface area contributed by atoms with Gasteiger partial charge in [-0.1, -0.05) is 35.9 Å². The lowest BCUT2D eigenvalue weighted by molar-refractivity contribution is 0.0526. The normalized spacial score (nSPS) is 10.9. The summed E-state index contributed by atoms with van der Waals surface area (Å²) >= 11 is 6.20. The van der Waals surface area contributed by atoms with Crippen molar-refractivity contribution in [1.29, 1.82) is 0 Å². The molecule has 3 aromatic rings. The second-order valence-corrected chi connectivity index (χ2v) is 8.46. The van der Waals surface area contributed by atoms with E-state index >= 15 is 0 Å². The molecule has 0 bridgehead atoms. The molecule has 7 nitrogen and oxygen atoms in total. The van der Waals surface area contributed by atoms with Crippen molar-refractivity contribution >= 4 is 44.9 Å². The van der Waals surface area contributed by atoms with Gasteiger partial charge >= 0.3 is 5.97 Å². The predicted octanol–water partition coefficient (Wildman–Crippen LogP) is 4.57. The largest absolute Gasteiger partial charge is 0.462 e. The van der Waals surface area contributed by atoms with Gasteiger partial charge in [0.15, 0.2) is 0 Å². The Balaban J connectivity index is 1.75. The molecule has 0 radical (unpaired) electrons. The van der Waals surface area contributed by atoms with Crippen molar-refractivity contribution in [2.24, 2.45) is 0 Å². The van der Waals surface area contributed by atoms with Gasteiger partial charge in [0.05, 0.1) is 27.8 Å². The standard InChI is InChI=1S/C22H19ClN2O5S/c1-2-30-22(27)16-7-6-8-17(13-16)24-21(26)15-11-12-20(19(23)14-15)25-31(28,29)18-9-4-3-5-10-18/h3-14,25H,2H2,1H3,(H,24,26). The Hall–Kier alpha value is -3.36. The highest BCUT2D eigenvalue weighted by Gasteiger charge is 2.17. The fourth-order valence-electron chi connectivity index (χ4n) is 2.68. The van der Waals surface area contributed by atoms with Crippen LogP contribution in [0.25, 0.3) is 0 Å². The maximum atomic E-state index is 12.6. The summed E-state index contributed by atoms with van der Waals surface area (Å²) in [4.78, 5) is 24.5. The average Bonchev–Trinajstić information content (AvgIpc) is 2.76. The van der Waals surface area contributed by atoms with Crippen molar-refractivity contribution < 1.29 is 22.7 Å². The lowest BCUT2D eigenvalue weighted by atomic mass is 10.1. The smallest absolute Gasteiger partial charge is 0.338 e. The molecule has 0 aromatic heterocycles. The van der Waals surface area contributed by atoms with Crippen LogP contribution in [0.3, 0.4) is 0 Å². The molecule has 0 aliphatic rings. The molecule has 3 rings (SSSR count). The second-order valence-electron chi connectivity index (χ2n) is 6.37. The van der Waals surface area contributed by atoms with Crippen LogP contribution in [-0.2, 0) is 14.8 Å². The molecule has 9 heteroatoms. The van der Waals surface area contributed by atoms with Crippen molar-refractivity contribution in [3.8, 4) is 0 Å². The van der Waals surface area contributed by atoms with Gasteiger partial charge < -0.3 is 10.1 Å². The highest BCUT2D eigenvalue weighted by molar-refractivity contribution is 7.92. The summed E-state index contributed by atoms with van der Waals surface area (Å²) in [5, 5.41) is 2.73. The molecule has 0 unspecified atom stereocenters. The van der Waals surface area contributed by atoms with Crippen LogP contribution in [0, 0.1) is 0 Å². The predicted molar refractivity (Wildman–Crippen MR) is 119 cm³/mol. The SMILES string of the molecule is CCOC(=O)c1cccc(NC(=O)c2ccc(NS(=O)(=O)c3ccccc3)c(Cl)c2)c1. The van der Waals surface area contributed by atoms with E-state index in [9.17, 15) is 18.0 Å². The first-order chi connectivity index (χ1) is 14.8. The Bertz CT molecular complexity index is 1210. The van der Waals surface area contributed by atoms with E-state index in [1.165, 1.54) is 36.4 Å². The number of amides is 1. The average molecular weight is 459 g/mol. The van der Waals surface area contributed by atoms with E-state index in [1.807, 2.05) is 0 Å². The third-order valence-corrected chi connectivity index (χ3v) is 5.85. The first kappa shape index (κ1) is 22.3. The van der Waals surface area contributed by atoms with Gasteiger partial charge in [-0.3, -0.25) is 9.52 Å². The van der Waals surface area contributed by atoms with Gasteiger partial charge in [0.25, 0.3) is 15.9 Å². The zero-order valence-corrected chi connectivity index (χ0v) is 18.0. The summed E-state index contributed by atoms with van der Waals surface area (Å²) in [6, 6.07) is 18.4. The van der Waals surface area contributed by atoms with Gasteiger partial charge in [-0.25, -0.2) is 13.2 Å². The fourth-order valence-corrected chi connectivity index (χ4v) is 4.07. The Morgan fingerprint density at radius 2 is 1.68 bits per heavy atom. The molecule has 0 atom stereocenters. The molecule has 160 valence electrons. The van der Waals surface area contributed by atoms with Crippen molar-refractivity contribution in [2.75, 3.05) is 16.6 Å². The number of ether oxygens (including phenoxy) is 1. The van der Waals surface area contributed by atoms with E-state index in [0.717, 1.165) is 0 Å². The van der Waals surface area contributed by atoms with Crippen LogP contribution in [0.2, 0.25) is 5.02 Å². The van der Waals surface area contributed by atoms with Crippen LogP contribution in [0.4, 0.5) is 11.4 Å². The molecule has 31 heavy (non-hydrogen) atoms. The summed E-state index contributed by atoms with van der Waals surface area (Å²) < 4.78 is 32.3. The molecule has 2 N–H and O–H groups in total. The van der Waals surface area contributed by atoms with Gasteiger partial charge in [0, 0.05) is 11.3 Å². The van der Waals surface area contributed by atoms with Gasteiger partial charge in [-0.15, -0.1) is 0 Å². The number of hydrogen-bond donors (Lipinski definition) is 2.